The Kier molecular flexibility index (Phi) is 31.8. The van der Waals surface area contributed by atoms with Crippen molar-refractivity contribution in [3.8, 4) is 5.75 Å². The number of phenolic OH excluding ortho intramolecular Hbond substituents is 1. The Morgan fingerprint density at radius 1 is 0.500 bits per heavy atom. The van der Waals surface area contributed by atoms with Crippen molar-refractivity contribution in [1.29, 1.82) is 0 Å². The number of aliphatic hydroxyl groups excluding tert-OH is 1. The Labute approximate surface area is 531 Å². The lowest BCUT2D eigenvalue weighted by molar-refractivity contribution is -0.145. The molecule has 3 rings (SSSR count). The van der Waals surface area contributed by atoms with Gasteiger partial charge < -0.3 is 101 Å². The summed E-state index contributed by atoms with van der Waals surface area (Å²) >= 11 is 0. The molecule has 2 saturated heterocycles. The van der Waals surface area contributed by atoms with Crippen LogP contribution in [0.4, 0.5) is 0 Å². The van der Waals surface area contributed by atoms with Crippen molar-refractivity contribution in [2.75, 3.05) is 26.2 Å². The van der Waals surface area contributed by atoms with Crippen molar-refractivity contribution >= 4 is 88.7 Å². The summed E-state index contributed by atoms with van der Waals surface area (Å²) in [6, 6.07) is -10.7. The van der Waals surface area contributed by atoms with Gasteiger partial charge in [-0.05, 0) is 107 Å². The maximum absolute atomic E-state index is 14.6. The van der Waals surface area contributed by atoms with Gasteiger partial charge in [0.1, 0.15) is 66.2 Å². The average Bonchev–Trinajstić information content (AvgIpc) is 1.75. The number of nitrogens with one attached hydrogen (secondary N) is 8. The Balaban J connectivity index is 1.86. The zero-order valence-electron chi connectivity index (χ0n) is 52.2. The number of hydrogen-bond acceptors (Lipinski definition) is 19. The van der Waals surface area contributed by atoms with E-state index in [9.17, 15) is 92.3 Å². The van der Waals surface area contributed by atoms with Crippen LogP contribution in [0.3, 0.4) is 0 Å². The molecule has 92 heavy (non-hydrogen) atoms. The molecule has 0 radical (unpaired) electrons. The van der Waals surface area contributed by atoms with E-state index in [1.165, 1.54) is 29.2 Å². The zero-order chi connectivity index (χ0) is 69.1. The Hall–Kier alpha value is -9.05. The number of carbonyl (C=O) groups is 15. The molecule has 2 fully saturated rings. The van der Waals surface area contributed by atoms with Crippen LogP contribution >= 0.6 is 0 Å². The molecule has 0 aromatic heterocycles. The molecule has 1 aromatic rings. The number of aliphatic hydroxyl groups is 1. The van der Waals surface area contributed by atoms with Crippen molar-refractivity contribution < 1.29 is 92.3 Å². The number of hydrogen-bond donors (Lipinski definition) is 17. The van der Waals surface area contributed by atoms with E-state index in [1.807, 2.05) is 0 Å². The van der Waals surface area contributed by atoms with Crippen molar-refractivity contribution in [1.82, 2.24) is 52.3 Å². The largest absolute Gasteiger partial charge is 0.508 e. The number of phenols is 1. The molecular formula is C58H91N15O19. The Morgan fingerprint density at radius 2 is 0.946 bits per heavy atom. The topological polar surface area (TPSA) is 570 Å². The summed E-state index contributed by atoms with van der Waals surface area (Å²) in [6.07, 6.45) is -2.62. The highest BCUT2D eigenvalue weighted by Crippen LogP contribution is 2.24. The lowest BCUT2D eigenvalue weighted by Crippen LogP contribution is -2.61. The molecule has 0 saturated carbocycles. The summed E-state index contributed by atoms with van der Waals surface area (Å²) in [6.45, 7) is 5.78. The number of unbranched alkanes of at least 4 members (excludes halogenated alkanes) is 1. The van der Waals surface area contributed by atoms with Crippen LogP contribution in [0.15, 0.2) is 24.3 Å². The van der Waals surface area contributed by atoms with Crippen molar-refractivity contribution in [3.63, 3.8) is 0 Å². The molecule has 34 heteroatoms. The molecule has 512 valence electrons. The minimum atomic E-state index is -1.78. The van der Waals surface area contributed by atoms with Crippen molar-refractivity contribution in [3.05, 3.63) is 29.8 Å². The number of aliphatic carboxylic acids is 2. The zero-order valence-corrected chi connectivity index (χ0v) is 52.2. The third-order valence-corrected chi connectivity index (χ3v) is 15.5. The summed E-state index contributed by atoms with van der Waals surface area (Å²) in [4.78, 5) is 202. The van der Waals surface area contributed by atoms with Gasteiger partial charge in [-0.2, -0.15) is 0 Å². The normalized spacial score (nSPS) is 17.4. The number of carboxylic acid groups (broad SMARTS) is 2. The first-order chi connectivity index (χ1) is 43.3. The Morgan fingerprint density at radius 3 is 1.43 bits per heavy atom. The van der Waals surface area contributed by atoms with Gasteiger partial charge in [0.05, 0.1) is 12.6 Å². The number of benzene rings is 1. The molecule has 34 nitrogen and oxygen atoms in total. The quantitative estimate of drug-likeness (QED) is 0.0272. The minimum Gasteiger partial charge on any atom is -0.508 e. The highest BCUT2D eigenvalue weighted by atomic mass is 16.4. The van der Waals surface area contributed by atoms with E-state index in [1.54, 1.807) is 27.7 Å². The monoisotopic (exact) mass is 1300 g/mol. The van der Waals surface area contributed by atoms with Gasteiger partial charge in [0.15, 0.2) is 0 Å². The lowest BCUT2D eigenvalue weighted by atomic mass is 9.98. The summed E-state index contributed by atoms with van der Waals surface area (Å²) < 4.78 is 0. The van der Waals surface area contributed by atoms with Crippen LogP contribution in [0.1, 0.15) is 130 Å². The highest BCUT2D eigenvalue weighted by molar-refractivity contribution is 6.00. The summed E-state index contributed by atoms with van der Waals surface area (Å²) in [5.41, 5.74) is 27.9. The third kappa shape index (κ3) is 25.0. The fraction of sp³-hybridized carbons (Fsp3) is 0.638. The van der Waals surface area contributed by atoms with Crippen LogP contribution in [0.5, 0.6) is 5.75 Å². The van der Waals surface area contributed by atoms with Gasteiger partial charge in [-0.3, -0.25) is 67.1 Å². The molecule has 2 heterocycles. The maximum Gasteiger partial charge on any atom is 0.326 e. The SMILES string of the molecule is CC(C)[C@H](NC(=O)[C@@H]1CCCN1C(=O)[C@H](CCC(N)=O)NC(=O)[C@H](CCC(N)=O)NC(=O)[C@H](CCC(=O)O)NC(=O)[C@H](Cc1ccc(O)cc1)NC(=O)[C@@H](N)CCC(N)=O)C(=O)N[C@H](C(=O)N1CCC[C@H]1C(=O)N[C@@H](CO)C(=O)N[C@@H](CCCCN)C(=O)O)C(C)C. The van der Waals surface area contributed by atoms with Crippen LogP contribution in [-0.4, -0.2) is 212 Å². The number of aromatic hydroxyl groups is 1. The first kappa shape index (κ1) is 77.2. The number of nitrogens with two attached hydrogens (primary N) is 5. The van der Waals surface area contributed by atoms with Crippen LogP contribution in [0.2, 0.25) is 0 Å². The number of likely N-dealkylation sites (tertiary alicyclic amines) is 2. The number of nitrogens with zero attached hydrogens (tertiary/aromatic N) is 2. The van der Waals surface area contributed by atoms with Gasteiger partial charge in [0, 0.05) is 45.2 Å². The molecule has 2 aliphatic rings. The van der Waals surface area contributed by atoms with Gasteiger partial charge >= 0.3 is 11.9 Å². The number of amides is 13. The van der Waals surface area contributed by atoms with Gasteiger partial charge in [-0.15, -0.1) is 0 Å². The minimum absolute atomic E-state index is 0.0298. The van der Waals surface area contributed by atoms with E-state index >= 15 is 0 Å². The molecule has 2 aliphatic heterocycles. The molecule has 0 aliphatic carbocycles. The van der Waals surface area contributed by atoms with Crippen molar-refractivity contribution in [2.45, 2.75) is 197 Å². The van der Waals surface area contributed by atoms with E-state index in [0.717, 1.165) is 4.90 Å². The number of primary amides is 3. The van der Waals surface area contributed by atoms with Crippen LogP contribution in [-0.2, 0) is 78.3 Å². The molecule has 11 atom stereocenters. The summed E-state index contributed by atoms with van der Waals surface area (Å²) in [5.74, 6) is -16.2. The van der Waals surface area contributed by atoms with Gasteiger partial charge in [0.2, 0.25) is 76.8 Å². The second kappa shape index (κ2) is 38.0. The predicted molar refractivity (Wildman–Crippen MR) is 324 cm³/mol. The second-order valence-electron chi connectivity index (χ2n) is 23.4. The summed E-state index contributed by atoms with van der Waals surface area (Å²) in [7, 11) is 0. The molecule has 0 spiro atoms. The van der Waals surface area contributed by atoms with Gasteiger partial charge in [0.25, 0.3) is 0 Å². The van der Waals surface area contributed by atoms with Crippen LogP contribution < -0.4 is 71.2 Å². The first-order valence-corrected chi connectivity index (χ1v) is 30.5. The fourth-order valence-corrected chi connectivity index (χ4v) is 10.2. The average molecular weight is 1300 g/mol. The predicted octanol–water partition coefficient (Wildman–Crippen LogP) is -5.70. The lowest BCUT2D eigenvalue weighted by Gasteiger charge is -2.33. The molecule has 22 N–H and O–H groups in total. The van der Waals surface area contributed by atoms with Gasteiger partial charge in [-0.1, -0.05) is 39.8 Å². The highest BCUT2D eigenvalue weighted by Gasteiger charge is 2.44. The number of rotatable bonds is 40. The van der Waals surface area contributed by atoms with E-state index in [4.69, 9.17) is 28.7 Å². The first-order valence-electron chi connectivity index (χ1n) is 30.5. The van der Waals surface area contributed by atoms with E-state index < -0.39 is 212 Å². The molecule has 1 aromatic carbocycles. The van der Waals surface area contributed by atoms with Gasteiger partial charge in [-0.25, -0.2) is 4.79 Å². The van der Waals surface area contributed by atoms with E-state index in [2.05, 4.69) is 42.5 Å². The second-order valence-corrected chi connectivity index (χ2v) is 23.4. The van der Waals surface area contributed by atoms with Crippen LogP contribution in [0, 0.1) is 11.8 Å². The van der Waals surface area contributed by atoms with E-state index in [-0.39, 0.29) is 63.8 Å². The van der Waals surface area contributed by atoms with Crippen molar-refractivity contribution in [2.24, 2.45) is 40.5 Å². The molecular weight excluding hydrogens is 1210 g/mol. The summed E-state index contributed by atoms with van der Waals surface area (Å²) in [5, 5.41) is 58.9. The number of carboxylic acids is 2. The maximum atomic E-state index is 14.6. The molecule has 13 amide bonds. The smallest absolute Gasteiger partial charge is 0.326 e. The Bertz CT molecular complexity index is 2810. The standard InChI is InChI=1S/C58H91N15O19/c1-29(2)46(55(88)71-47(30(3)4)57(90)73-26-8-10-40(73)53(86)69-39(28-74)52(85)67-37(58(91)92)9-5-6-24-59)70-54(87)41-11-7-25-72(41)56(89)36(18-22-44(63)78)66-50(83)34(17-21-43(62)77)64-49(82)35(19-23-45(79)80)65-51(84)38(27-31-12-14-32(75)15-13-31)68-48(81)33(60)16-20-42(61)76/h12-15,29-30,33-41,46-47,74-75H,5-11,16-28,59-60H2,1-4H3,(H2,61,76)(H2,62,77)(H2,63,78)(H,64,82)(H,65,84)(H,66,83)(H,67,85)(H,68,81)(H,69,86)(H,70,87)(H,71,88)(H,79,80)(H,91,92)/t33-,34-,35-,36-,37-,38-,39-,40-,41-,46-,47-/m0/s1. The number of carbonyl (C=O) groups excluding carboxylic acids is 13. The van der Waals surface area contributed by atoms with E-state index in [0.29, 0.717) is 31.4 Å². The third-order valence-electron chi connectivity index (χ3n) is 15.5. The fourth-order valence-electron chi connectivity index (χ4n) is 10.2. The van der Waals surface area contributed by atoms with Crippen LogP contribution in [0.25, 0.3) is 0 Å². The molecule has 0 bridgehead atoms. The molecule has 0 unspecified atom stereocenters.